The van der Waals surface area contributed by atoms with Crippen LogP contribution in [0.15, 0.2) is 5.16 Å². The van der Waals surface area contributed by atoms with Crippen LogP contribution in [0.4, 0.5) is 5.13 Å². The molecule has 0 radical (unpaired) electrons. The molecule has 0 atom stereocenters. The third-order valence-electron chi connectivity index (χ3n) is 2.70. The van der Waals surface area contributed by atoms with Crippen molar-refractivity contribution in [2.45, 2.75) is 38.2 Å². The van der Waals surface area contributed by atoms with Crippen LogP contribution in [-0.2, 0) is 9.63 Å². The van der Waals surface area contributed by atoms with Crippen molar-refractivity contribution in [2.24, 2.45) is 5.16 Å². The molecule has 0 aliphatic heterocycles. The largest absolute Gasteiger partial charge is 0.476 e. The third kappa shape index (κ3) is 3.16. The van der Waals surface area contributed by atoms with Crippen molar-refractivity contribution >= 4 is 28.3 Å². The molecule has 0 aromatic carbocycles. The molecule has 1 aliphatic carbocycles. The number of nitrogens with two attached hydrogens (primary N) is 1. The van der Waals surface area contributed by atoms with Crippen molar-refractivity contribution in [2.75, 3.05) is 5.73 Å². The second-order valence-corrected chi connectivity index (χ2v) is 4.85. The molecule has 18 heavy (non-hydrogen) atoms. The number of anilines is 1. The van der Waals surface area contributed by atoms with E-state index in [1.807, 2.05) is 0 Å². The minimum absolute atomic E-state index is 0.000749. The van der Waals surface area contributed by atoms with Gasteiger partial charge in [0.1, 0.15) is 6.10 Å². The Balaban J connectivity index is 2.07. The van der Waals surface area contributed by atoms with Gasteiger partial charge in [0, 0.05) is 11.5 Å². The molecule has 1 aromatic rings. The minimum Gasteiger partial charge on any atom is -0.476 e. The zero-order chi connectivity index (χ0) is 13.0. The summed E-state index contributed by atoms with van der Waals surface area (Å²) in [7, 11) is 0. The Morgan fingerprint density at radius 2 is 2.17 bits per heavy atom. The lowest BCUT2D eigenvalue weighted by Gasteiger charge is -2.19. The summed E-state index contributed by atoms with van der Waals surface area (Å²) in [5.74, 6) is -1.22. The molecule has 0 bridgehead atoms. The molecule has 3 N–H and O–H groups in total. The van der Waals surface area contributed by atoms with Gasteiger partial charge in [-0.05, 0) is 25.7 Å². The van der Waals surface area contributed by atoms with Crippen molar-refractivity contribution in [1.82, 2.24) is 9.36 Å². The van der Waals surface area contributed by atoms with Gasteiger partial charge in [0.15, 0.2) is 5.13 Å². The van der Waals surface area contributed by atoms with E-state index in [1.165, 1.54) is 6.42 Å². The molecule has 1 saturated carbocycles. The average molecular weight is 270 g/mol. The van der Waals surface area contributed by atoms with Crippen LogP contribution >= 0.6 is 11.5 Å². The predicted octanol–water partition coefficient (Wildman–Crippen LogP) is 1.26. The minimum atomic E-state index is -1.22. The lowest BCUT2D eigenvalue weighted by Crippen LogP contribution is -2.20. The zero-order valence-corrected chi connectivity index (χ0v) is 10.5. The molecule has 1 heterocycles. The summed E-state index contributed by atoms with van der Waals surface area (Å²) in [4.78, 5) is 20.1. The number of aromatic nitrogens is 2. The molecule has 8 heteroatoms. The summed E-state index contributed by atoms with van der Waals surface area (Å²) in [5.41, 5.74) is 5.11. The van der Waals surface area contributed by atoms with E-state index in [0.717, 1.165) is 37.2 Å². The van der Waals surface area contributed by atoms with Crippen molar-refractivity contribution in [3.8, 4) is 0 Å². The first kappa shape index (κ1) is 12.7. The topological polar surface area (TPSA) is 111 Å². The van der Waals surface area contributed by atoms with Gasteiger partial charge in [-0.25, -0.2) is 4.79 Å². The monoisotopic (exact) mass is 270 g/mol. The summed E-state index contributed by atoms with van der Waals surface area (Å²) >= 11 is 0.929. The van der Waals surface area contributed by atoms with E-state index in [9.17, 15) is 4.79 Å². The second-order valence-electron chi connectivity index (χ2n) is 4.07. The van der Waals surface area contributed by atoms with Crippen LogP contribution in [0.2, 0.25) is 0 Å². The van der Waals surface area contributed by atoms with Gasteiger partial charge in [-0.2, -0.15) is 9.36 Å². The number of nitrogens with zero attached hydrogens (tertiary/aromatic N) is 3. The Morgan fingerprint density at radius 3 is 2.72 bits per heavy atom. The number of hydrogen-bond acceptors (Lipinski definition) is 7. The van der Waals surface area contributed by atoms with E-state index in [4.69, 9.17) is 15.7 Å². The molecule has 7 nitrogen and oxygen atoms in total. The van der Waals surface area contributed by atoms with Crippen LogP contribution in [-0.4, -0.2) is 32.2 Å². The molecule has 1 aromatic heterocycles. The molecular formula is C10H14N4O3S. The second kappa shape index (κ2) is 5.76. The standard InChI is InChI=1S/C10H14N4O3S/c11-10-12-8(14-18-10)7(9(15)16)13-17-6-4-2-1-3-5-6/h6H,1-5H2,(H,15,16)(H2,11,12,14). The fourth-order valence-electron chi connectivity index (χ4n) is 1.80. The van der Waals surface area contributed by atoms with E-state index >= 15 is 0 Å². The Bertz CT molecular complexity index is 454. The maximum Gasteiger partial charge on any atom is 0.362 e. The van der Waals surface area contributed by atoms with Crippen LogP contribution in [0.5, 0.6) is 0 Å². The van der Waals surface area contributed by atoms with Gasteiger partial charge in [0.05, 0.1) is 0 Å². The highest BCUT2D eigenvalue weighted by atomic mass is 32.1. The van der Waals surface area contributed by atoms with Crippen molar-refractivity contribution in [3.05, 3.63) is 5.82 Å². The highest BCUT2D eigenvalue weighted by Gasteiger charge is 2.21. The molecule has 0 spiro atoms. The van der Waals surface area contributed by atoms with Gasteiger partial charge < -0.3 is 15.7 Å². The number of oxime groups is 1. The predicted molar refractivity (Wildman–Crippen MR) is 66.5 cm³/mol. The number of rotatable bonds is 4. The van der Waals surface area contributed by atoms with Gasteiger partial charge in [-0.15, -0.1) is 0 Å². The van der Waals surface area contributed by atoms with Gasteiger partial charge >= 0.3 is 5.97 Å². The van der Waals surface area contributed by atoms with Gasteiger partial charge in [-0.1, -0.05) is 11.6 Å². The summed E-state index contributed by atoms with van der Waals surface area (Å²) in [6.07, 6.45) is 5.17. The van der Waals surface area contributed by atoms with Gasteiger partial charge in [0.25, 0.3) is 0 Å². The normalized spacial score (nSPS) is 17.7. The first-order chi connectivity index (χ1) is 8.66. The highest BCUT2D eigenvalue weighted by molar-refractivity contribution is 7.09. The third-order valence-corrected chi connectivity index (χ3v) is 3.24. The molecule has 1 aliphatic rings. The molecule has 0 amide bonds. The molecule has 2 rings (SSSR count). The van der Waals surface area contributed by atoms with Crippen LogP contribution in [0.25, 0.3) is 0 Å². The number of carboxylic acids is 1. The van der Waals surface area contributed by atoms with Crippen LogP contribution in [0.3, 0.4) is 0 Å². The smallest absolute Gasteiger partial charge is 0.362 e. The first-order valence-corrected chi connectivity index (χ1v) is 6.51. The Morgan fingerprint density at radius 1 is 1.44 bits per heavy atom. The lowest BCUT2D eigenvalue weighted by molar-refractivity contribution is -0.129. The van der Waals surface area contributed by atoms with Crippen LogP contribution in [0.1, 0.15) is 37.9 Å². The number of nitrogen functional groups attached to an aromatic ring is 1. The quantitative estimate of drug-likeness (QED) is 0.629. The van der Waals surface area contributed by atoms with E-state index in [0.29, 0.717) is 0 Å². The van der Waals surface area contributed by atoms with Crippen LogP contribution in [0, 0.1) is 0 Å². The van der Waals surface area contributed by atoms with Crippen LogP contribution < -0.4 is 5.73 Å². The van der Waals surface area contributed by atoms with E-state index < -0.39 is 5.97 Å². The number of carbonyl (C=O) groups is 1. The first-order valence-electron chi connectivity index (χ1n) is 5.73. The number of carboxylic acid groups (broad SMARTS) is 1. The van der Waals surface area contributed by atoms with Gasteiger partial charge in [0.2, 0.25) is 11.5 Å². The van der Waals surface area contributed by atoms with Crippen molar-refractivity contribution < 1.29 is 14.7 Å². The molecule has 1 fully saturated rings. The average Bonchev–Trinajstić information content (AvgIpc) is 2.77. The number of hydrogen-bond donors (Lipinski definition) is 2. The molecule has 0 saturated heterocycles. The van der Waals surface area contributed by atoms with Crippen molar-refractivity contribution in [3.63, 3.8) is 0 Å². The molecule has 98 valence electrons. The van der Waals surface area contributed by atoms with E-state index in [-0.39, 0.29) is 22.8 Å². The maximum atomic E-state index is 11.1. The summed E-state index contributed by atoms with van der Waals surface area (Å²) < 4.78 is 3.82. The van der Waals surface area contributed by atoms with E-state index in [2.05, 4.69) is 14.5 Å². The fraction of sp³-hybridized carbons (Fsp3) is 0.600. The SMILES string of the molecule is Nc1nc(C(=NOC2CCCCC2)C(=O)O)ns1. The van der Waals surface area contributed by atoms with Crippen molar-refractivity contribution in [1.29, 1.82) is 0 Å². The summed E-state index contributed by atoms with van der Waals surface area (Å²) in [5, 5.41) is 12.9. The van der Waals surface area contributed by atoms with E-state index in [1.54, 1.807) is 0 Å². The Kier molecular flexibility index (Phi) is 4.08. The highest BCUT2D eigenvalue weighted by Crippen LogP contribution is 2.20. The summed E-state index contributed by atoms with van der Waals surface area (Å²) in [6, 6.07) is 0. The summed E-state index contributed by atoms with van der Waals surface area (Å²) in [6.45, 7) is 0. The zero-order valence-electron chi connectivity index (χ0n) is 9.70. The van der Waals surface area contributed by atoms with Gasteiger partial charge in [-0.3, -0.25) is 0 Å². The number of aliphatic carboxylic acids is 1. The molecule has 0 unspecified atom stereocenters. The fourth-order valence-corrected chi connectivity index (χ4v) is 2.24. The maximum absolute atomic E-state index is 11.1. The Labute approximate surface area is 108 Å². The molecular weight excluding hydrogens is 256 g/mol. The Hall–Kier alpha value is -1.70. The lowest BCUT2D eigenvalue weighted by atomic mass is 9.98.